The summed E-state index contributed by atoms with van der Waals surface area (Å²) in [5, 5.41) is 19.1. The molecule has 0 saturated carbocycles. The van der Waals surface area contributed by atoms with Crippen molar-refractivity contribution in [1.29, 1.82) is 10.8 Å². The standard InChI is InChI=1S/C18H17N5O2.2ClH/c1-24-15-7-6-12(18(21)22)8-13(15)14-9-16(25-23-14)10-2-4-11(5-3-10)17(19)20;;/h2-9H,1H3,(H3,19,20)(H3,21,22);2*1H. The molecule has 0 radical (unpaired) electrons. The number of aromatic nitrogens is 1. The molecular formula is C18H19Cl2N5O2. The van der Waals surface area contributed by atoms with Gasteiger partial charge in [0.1, 0.15) is 23.1 Å². The first-order chi connectivity index (χ1) is 12.0. The van der Waals surface area contributed by atoms with Crippen molar-refractivity contribution >= 4 is 36.5 Å². The summed E-state index contributed by atoms with van der Waals surface area (Å²) in [6.07, 6.45) is 0. The molecule has 0 fully saturated rings. The van der Waals surface area contributed by atoms with Crippen molar-refractivity contribution in [2.75, 3.05) is 7.11 Å². The van der Waals surface area contributed by atoms with Crippen molar-refractivity contribution in [3.8, 4) is 28.3 Å². The van der Waals surface area contributed by atoms with Crippen molar-refractivity contribution in [2.45, 2.75) is 0 Å². The third-order valence-electron chi connectivity index (χ3n) is 3.78. The van der Waals surface area contributed by atoms with E-state index in [1.165, 1.54) is 0 Å². The highest BCUT2D eigenvalue weighted by Gasteiger charge is 2.14. The van der Waals surface area contributed by atoms with Gasteiger partial charge >= 0.3 is 0 Å². The van der Waals surface area contributed by atoms with Gasteiger partial charge in [0.15, 0.2) is 5.76 Å². The molecule has 1 aromatic heterocycles. The Balaban J connectivity index is 0.00000182. The van der Waals surface area contributed by atoms with Gasteiger partial charge in [-0.25, -0.2) is 0 Å². The van der Waals surface area contributed by atoms with Gasteiger partial charge in [-0.2, -0.15) is 0 Å². The van der Waals surface area contributed by atoms with E-state index in [1.807, 2.05) is 12.1 Å². The fourth-order valence-electron chi connectivity index (χ4n) is 2.43. The number of benzene rings is 2. The highest BCUT2D eigenvalue weighted by atomic mass is 35.5. The van der Waals surface area contributed by atoms with Gasteiger partial charge < -0.3 is 20.7 Å². The van der Waals surface area contributed by atoms with E-state index < -0.39 is 0 Å². The maximum absolute atomic E-state index is 7.58. The maximum atomic E-state index is 7.58. The summed E-state index contributed by atoms with van der Waals surface area (Å²) in [6.45, 7) is 0. The van der Waals surface area contributed by atoms with Crippen LogP contribution in [0.3, 0.4) is 0 Å². The summed E-state index contributed by atoms with van der Waals surface area (Å²) in [7, 11) is 1.56. The summed E-state index contributed by atoms with van der Waals surface area (Å²) in [4.78, 5) is 0. The minimum absolute atomic E-state index is 0. The number of nitrogens with zero attached hydrogens (tertiary/aromatic N) is 1. The molecular weight excluding hydrogens is 389 g/mol. The number of nitrogen functional groups attached to an aromatic ring is 2. The lowest BCUT2D eigenvalue weighted by atomic mass is 10.0. The molecule has 0 unspecified atom stereocenters. The lowest BCUT2D eigenvalue weighted by Crippen LogP contribution is -2.11. The molecule has 0 spiro atoms. The molecule has 0 aliphatic heterocycles. The van der Waals surface area contributed by atoms with Crippen LogP contribution in [-0.4, -0.2) is 23.9 Å². The molecule has 9 heteroatoms. The molecule has 3 rings (SSSR count). The molecule has 142 valence electrons. The van der Waals surface area contributed by atoms with Gasteiger partial charge in [0.2, 0.25) is 0 Å². The van der Waals surface area contributed by atoms with Crippen molar-refractivity contribution in [1.82, 2.24) is 5.16 Å². The third kappa shape index (κ3) is 4.58. The molecule has 0 amide bonds. The van der Waals surface area contributed by atoms with Gasteiger partial charge in [-0.15, -0.1) is 24.8 Å². The van der Waals surface area contributed by atoms with Crippen LogP contribution in [0.25, 0.3) is 22.6 Å². The lowest BCUT2D eigenvalue weighted by molar-refractivity contribution is 0.413. The first-order valence-electron chi connectivity index (χ1n) is 7.44. The second-order valence-corrected chi connectivity index (χ2v) is 5.40. The van der Waals surface area contributed by atoms with E-state index in [9.17, 15) is 0 Å². The molecule has 0 bridgehead atoms. The molecule has 7 nitrogen and oxygen atoms in total. The topological polar surface area (TPSA) is 135 Å². The molecule has 0 saturated heterocycles. The van der Waals surface area contributed by atoms with Crippen LogP contribution in [-0.2, 0) is 0 Å². The zero-order valence-corrected chi connectivity index (χ0v) is 16.0. The highest BCUT2D eigenvalue weighted by molar-refractivity contribution is 5.97. The Bertz CT molecular complexity index is 955. The predicted octanol–water partition coefficient (Wildman–Crippen LogP) is 3.43. The van der Waals surface area contributed by atoms with E-state index in [1.54, 1.807) is 43.5 Å². The quantitative estimate of drug-likeness (QED) is 0.379. The number of amidine groups is 2. The van der Waals surface area contributed by atoms with Crippen LogP contribution < -0.4 is 16.2 Å². The van der Waals surface area contributed by atoms with Crippen LogP contribution in [0.15, 0.2) is 53.1 Å². The van der Waals surface area contributed by atoms with Crippen LogP contribution in [0.2, 0.25) is 0 Å². The van der Waals surface area contributed by atoms with Gasteiger partial charge in [0, 0.05) is 28.3 Å². The number of ether oxygens (including phenoxy) is 1. The Morgan fingerprint density at radius 2 is 1.52 bits per heavy atom. The Morgan fingerprint density at radius 3 is 2.07 bits per heavy atom. The molecule has 0 atom stereocenters. The Labute approximate surface area is 168 Å². The van der Waals surface area contributed by atoms with Crippen LogP contribution >= 0.6 is 24.8 Å². The fourth-order valence-corrected chi connectivity index (χ4v) is 2.43. The van der Waals surface area contributed by atoms with E-state index in [2.05, 4.69) is 5.16 Å². The van der Waals surface area contributed by atoms with E-state index in [0.29, 0.717) is 33.9 Å². The number of hydrogen-bond donors (Lipinski definition) is 4. The minimum atomic E-state index is -0.0348. The molecule has 6 N–H and O–H groups in total. The fraction of sp³-hybridized carbons (Fsp3) is 0.0556. The zero-order chi connectivity index (χ0) is 18.0. The SMILES string of the molecule is COc1ccc(C(=N)N)cc1-c1cc(-c2ccc(C(=N)N)cc2)on1.Cl.Cl. The van der Waals surface area contributed by atoms with Crippen molar-refractivity contribution < 1.29 is 9.26 Å². The summed E-state index contributed by atoms with van der Waals surface area (Å²) >= 11 is 0. The van der Waals surface area contributed by atoms with Crippen molar-refractivity contribution in [3.63, 3.8) is 0 Å². The van der Waals surface area contributed by atoms with Crippen molar-refractivity contribution in [3.05, 3.63) is 59.7 Å². The summed E-state index contributed by atoms with van der Waals surface area (Å²) in [5.74, 6) is 1.15. The van der Waals surface area contributed by atoms with Gasteiger partial charge in [0.05, 0.1) is 7.11 Å². The molecule has 0 aliphatic rings. The maximum Gasteiger partial charge on any atom is 0.167 e. The largest absolute Gasteiger partial charge is 0.496 e. The second kappa shape index (κ2) is 9.07. The van der Waals surface area contributed by atoms with Gasteiger partial charge in [-0.1, -0.05) is 29.4 Å². The van der Waals surface area contributed by atoms with E-state index in [0.717, 1.165) is 5.56 Å². The number of hydrogen-bond acceptors (Lipinski definition) is 5. The Kier molecular flexibility index (Phi) is 7.39. The molecule has 2 aromatic carbocycles. The number of nitrogens with two attached hydrogens (primary N) is 2. The second-order valence-electron chi connectivity index (χ2n) is 5.40. The van der Waals surface area contributed by atoms with Crippen LogP contribution in [0, 0.1) is 10.8 Å². The van der Waals surface area contributed by atoms with E-state index >= 15 is 0 Å². The van der Waals surface area contributed by atoms with Crippen LogP contribution in [0.5, 0.6) is 5.75 Å². The minimum Gasteiger partial charge on any atom is -0.496 e. The number of rotatable bonds is 5. The number of methoxy groups -OCH3 is 1. The Morgan fingerprint density at radius 1 is 0.926 bits per heavy atom. The molecule has 0 aliphatic carbocycles. The monoisotopic (exact) mass is 407 g/mol. The summed E-state index contributed by atoms with van der Waals surface area (Å²) in [6, 6.07) is 14.1. The first-order valence-corrected chi connectivity index (χ1v) is 7.44. The van der Waals surface area contributed by atoms with Crippen LogP contribution in [0.1, 0.15) is 11.1 Å². The molecule has 27 heavy (non-hydrogen) atoms. The Hall–Kier alpha value is -3.03. The lowest BCUT2D eigenvalue weighted by Gasteiger charge is -2.07. The molecule has 1 heterocycles. The van der Waals surface area contributed by atoms with E-state index in [-0.39, 0.29) is 36.5 Å². The number of halogens is 2. The van der Waals surface area contributed by atoms with Gasteiger partial charge in [-0.05, 0) is 18.2 Å². The van der Waals surface area contributed by atoms with Gasteiger partial charge in [-0.3, -0.25) is 10.8 Å². The van der Waals surface area contributed by atoms with Crippen LogP contribution in [0.4, 0.5) is 0 Å². The first kappa shape index (κ1) is 22.0. The number of nitrogens with one attached hydrogen (secondary N) is 2. The third-order valence-corrected chi connectivity index (χ3v) is 3.78. The smallest absolute Gasteiger partial charge is 0.167 e. The average molecular weight is 408 g/mol. The summed E-state index contributed by atoms with van der Waals surface area (Å²) in [5.41, 5.74) is 14.3. The van der Waals surface area contributed by atoms with E-state index in [4.69, 9.17) is 31.5 Å². The summed E-state index contributed by atoms with van der Waals surface area (Å²) < 4.78 is 10.8. The predicted molar refractivity (Wildman–Crippen MR) is 110 cm³/mol. The normalized spacial score (nSPS) is 9.67. The van der Waals surface area contributed by atoms with Gasteiger partial charge in [0.25, 0.3) is 0 Å². The highest BCUT2D eigenvalue weighted by Crippen LogP contribution is 2.33. The van der Waals surface area contributed by atoms with Crippen molar-refractivity contribution in [2.24, 2.45) is 11.5 Å². The zero-order valence-electron chi connectivity index (χ0n) is 14.4. The molecule has 3 aromatic rings. The average Bonchev–Trinajstić information content (AvgIpc) is 3.11.